The summed E-state index contributed by atoms with van der Waals surface area (Å²) in [6, 6.07) is 4.41. The number of nitrogens with one attached hydrogen (secondary N) is 2. The second-order valence-corrected chi connectivity index (χ2v) is 6.03. The van der Waals surface area contributed by atoms with E-state index in [-0.39, 0.29) is 11.7 Å². The molecule has 2 aliphatic rings. The van der Waals surface area contributed by atoms with Gasteiger partial charge in [0, 0.05) is 17.0 Å². The van der Waals surface area contributed by atoms with Crippen molar-refractivity contribution < 1.29 is 9.18 Å². The van der Waals surface area contributed by atoms with Crippen LogP contribution in [0.15, 0.2) is 18.2 Å². The van der Waals surface area contributed by atoms with E-state index in [2.05, 4.69) is 17.2 Å². The summed E-state index contributed by atoms with van der Waals surface area (Å²) in [5.74, 6) is -0.514. The van der Waals surface area contributed by atoms with E-state index in [0.29, 0.717) is 11.3 Å². The van der Waals surface area contributed by atoms with Crippen molar-refractivity contribution in [3.05, 3.63) is 52.1 Å². The van der Waals surface area contributed by atoms with E-state index >= 15 is 0 Å². The molecule has 0 saturated heterocycles. The Morgan fingerprint density at radius 1 is 1.23 bits per heavy atom. The van der Waals surface area contributed by atoms with E-state index in [9.17, 15) is 9.18 Å². The second-order valence-electron chi connectivity index (χ2n) is 6.03. The quantitative estimate of drug-likeness (QED) is 0.772. The molecule has 0 saturated carbocycles. The van der Waals surface area contributed by atoms with Gasteiger partial charge in [0.15, 0.2) is 0 Å². The minimum Gasteiger partial charge on any atom is -0.358 e. The van der Waals surface area contributed by atoms with Crippen molar-refractivity contribution in [1.29, 1.82) is 0 Å². The highest BCUT2D eigenvalue weighted by atomic mass is 19.1. The first kappa shape index (κ1) is 13.3. The van der Waals surface area contributed by atoms with E-state index in [1.807, 2.05) is 6.08 Å². The van der Waals surface area contributed by atoms with E-state index < -0.39 is 0 Å². The topological polar surface area (TPSA) is 44.9 Å². The van der Waals surface area contributed by atoms with Crippen molar-refractivity contribution in [3.63, 3.8) is 0 Å². The summed E-state index contributed by atoms with van der Waals surface area (Å²) in [6.07, 6.45) is 6.52. The highest BCUT2D eigenvalue weighted by Crippen LogP contribution is 2.35. The molecule has 0 fully saturated rings. The van der Waals surface area contributed by atoms with Gasteiger partial charge >= 0.3 is 0 Å². The van der Waals surface area contributed by atoms with Crippen LogP contribution >= 0.6 is 0 Å². The molecule has 4 heteroatoms. The molecule has 2 heterocycles. The number of H-pyrrole nitrogens is 1. The Morgan fingerprint density at radius 3 is 2.86 bits per heavy atom. The van der Waals surface area contributed by atoms with Crippen molar-refractivity contribution in [2.75, 3.05) is 5.32 Å². The van der Waals surface area contributed by atoms with Crippen LogP contribution < -0.4 is 5.32 Å². The lowest BCUT2D eigenvalue weighted by Crippen LogP contribution is -2.03. The molecule has 3 nitrogen and oxygen atoms in total. The number of anilines is 1. The molecule has 1 aromatic heterocycles. The van der Waals surface area contributed by atoms with Gasteiger partial charge in [0.2, 0.25) is 0 Å². The van der Waals surface area contributed by atoms with E-state index in [1.54, 1.807) is 6.07 Å². The summed E-state index contributed by atoms with van der Waals surface area (Å²) >= 11 is 0. The highest BCUT2D eigenvalue weighted by Gasteiger charge is 2.25. The van der Waals surface area contributed by atoms with E-state index in [4.69, 9.17) is 0 Å². The number of carbonyl (C=O) groups excluding carboxylic acids is 1. The zero-order valence-electron chi connectivity index (χ0n) is 12.4. The van der Waals surface area contributed by atoms with Crippen molar-refractivity contribution in [3.8, 4) is 0 Å². The Hall–Kier alpha value is -2.36. The Balaban J connectivity index is 1.81. The molecule has 112 valence electrons. The summed E-state index contributed by atoms with van der Waals surface area (Å²) in [5.41, 5.74) is 6.82. The molecule has 1 aliphatic heterocycles. The number of benzene rings is 1. The zero-order valence-corrected chi connectivity index (χ0v) is 12.4. The van der Waals surface area contributed by atoms with Gasteiger partial charge in [0.1, 0.15) is 5.82 Å². The number of carbonyl (C=O) groups is 1. The second kappa shape index (κ2) is 4.83. The number of aromatic amines is 1. The lowest BCUT2D eigenvalue weighted by Gasteiger charge is -2.10. The number of aromatic nitrogens is 1. The normalized spacial score (nSPS) is 18.3. The molecule has 22 heavy (non-hydrogen) atoms. The van der Waals surface area contributed by atoms with Crippen LogP contribution in [0.5, 0.6) is 0 Å². The van der Waals surface area contributed by atoms with E-state index in [0.717, 1.165) is 24.1 Å². The maximum atomic E-state index is 13.3. The van der Waals surface area contributed by atoms with Crippen molar-refractivity contribution in [2.24, 2.45) is 0 Å². The molecule has 0 spiro atoms. The average Bonchev–Trinajstić information content (AvgIpc) is 2.98. The van der Waals surface area contributed by atoms with Gasteiger partial charge in [0.25, 0.3) is 5.91 Å². The van der Waals surface area contributed by atoms with Crippen LogP contribution in [0, 0.1) is 12.7 Å². The van der Waals surface area contributed by atoms with Crippen LogP contribution in [0.1, 0.15) is 40.9 Å². The third kappa shape index (κ3) is 1.98. The first-order valence-corrected chi connectivity index (χ1v) is 7.67. The smallest absolute Gasteiger partial charge is 0.256 e. The van der Waals surface area contributed by atoms with Gasteiger partial charge < -0.3 is 10.3 Å². The fourth-order valence-electron chi connectivity index (χ4n) is 3.47. The first-order valence-electron chi connectivity index (χ1n) is 7.67. The zero-order chi connectivity index (χ0) is 15.3. The number of rotatable bonds is 1. The summed E-state index contributed by atoms with van der Waals surface area (Å²) in [7, 11) is 0. The maximum absolute atomic E-state index is 13.3. The van der Waals surface area contributed by atoms with E-state index in [1.165, 1.54) is 41.8 Å². The number of hydrogen-bond acceptors (Lipinski definition) is 1. The molecule has 1 amide bonds. The molecule has 0 atom stereocenters. The number of amides is 1. The number of aryl methyl sites for hydroxylation is 1. The maximum Gasteiger partial charge on any atom is 0.256 e. The van der Waals surface area contributed by atoms with Crippen molar-refractivity contribution in [2.45, 2.75) is 32.6 Å². The largest absolute Gasteiger partial charge is 0.358 e. The molecular weight excluding hydrogens is 279 g/mol. The standard InChI is InChI=1S/C18H17FN2O/c1-10-12-4-2-3-5-15(12)20-16(10)9-14-13-7-6-11(19)8-17(13)21-18(14)22/h6-9,20H,2-5H2,1H3,(H,21,22). The highest BCUT2D eigenvalue weighted by molar-refractivity contribution is 6.34. The SMILES string of the molecule is Cc1c(C=C2C(=O)Nc3cc(F)ccc32)[nH]c2c1CCCC2. The van der Waals surface area contributed by atoms with Crippen LogP contribution in [-0.2, 0) is 17.6 Å². The van der Waals surface area contributed by atoms with Gasteiger partial charge in [0.05, 0.1) is 11.3 Å². The Labute approximate surface area is 128 Å². The van der Waals surface area contributed by atoms with Crippen LogP contribution in [0.2, 0.25) is 0 Å². The minimum absolute atomic E-state index is 0.174. The number of halogens is 1. The minimum atomic E-state index is -0.341. The third-order valence-electron chi connectivity index (χ3n) is 4.66. The van der Waals surface area contributed by atoms with Crippen molar-refractivity contribution in [1.82, 2.24) is 4.98 Å². The summed E-state index contributed by atoms with van der Waals surface area (Å²) < 4.78 is 13.3. The lowest BCUT2D eigenvalue weighted by atomic mass is 9.95. The number of hydrogen-bond donors (Lipinski definition) is 2. The molecule has 4 rings (SSSR count). The Bertz CT molecular complexity index is 817. The van der Waals surface area contributed by atoms with Gasteiger partial charge in [-0.2, -0.15) is 0 Å². The molecular formula is C18H17FN2O. The monoisotopic (exact) mass is 296 g/mol. The lowest BCUT2D eigenvalue weighted by molar-refractivity contribution is -0.110. The van der Waals surface area contributed by atoms with Crippen LogP contribution in [0.25, 0.3) is 11.6 Å². The predicted octanol–water partition coefficient (Wildman–Crippen LogP) is 3.83. The van der Waals surface area contributed by atoms with Crippen LogP contribution in [0.3, 0.4) is 0 Å². The molecule has 1 aliphatic carbocycles. The Kier molecular flexibility index (Phi) is 2.93. The molecule has 0 radical (unpaired) electrons. The first-order chi connectivity index (χ1) is 10.6. The van der Waals surface area contributed by atoms with Crippen molar-refractivity contribution >= 4 is 23.2 Å². The third-order valence-corrected chi connectivity index (χ3v) is 4.66. The molecule has 2 aromatic rings. The fraction of sp³-hybridized carbons (Fsp3) is 0.278. The average molecular weight is 296 g/mol. The Morgan fingerprint density at radius 2 is 2.05 bits per heavy atom. The predicted molar refractivity (Wildman–Crippen MR) is 85.1 cm³/mol. The van der Waals surface area contributed by atoms with Gasteiger partial charge in [-0.05, 0) is 68.0 Å². The summed E-state index contributed by atoms with van der Waals surface area (Å²) in [6.45, 7) is 2.10. The summed E-state index contributed by atoms with van der Waals surface area (Å²) in [5, 5.41) is 2.73. The molecule has 0 unspecified atom stereocenters. The van der Waals surface area contributed by atoms with Gasteiger partial charge in [-0.25, -0.2) is 4.39 Å². The van der Waals surface area contributed by atoms with Crippen LogP contribution in [0.4, 0.5) is 10.1 Å². The molecule has 2 N–H and O–H groups in total. The van der Waals surface area contributed by atoms with Gasteiger partial charge in [-0.15, -0.1) is 0 Å². The fourth-order valence-corrected chi connectivity index (χ4v) is 3.47. The molecule has 1 aromatic carbocycles. The number of fused-ring (bicyclic) bond motifs is 2. The van der Waals surface area contributed by atoms with Gasteiger partial charge in [-0.3, -0.25) is 4.79 Å². The molecule has 0 bridgehead atoms. The van der Waals surface area contributed by atoms with Gasteiger partial charge in [-0.1, -0.05) is 0 Å². The summed E-state index contributed by atoms with van der Waals surface area (Å²) in [4.78, 5) is 15.6. The van der Waals surface area contributed by atoms with Crippen LogP contribution in [-0.4, -0.2) is 10.9 Å².